The van der Waals surface area contributed by atoms with Crippen molar-refractivity contribution in [2.45, 2.75) is 19.4 Å². The number of rotatable bonds is 6. The van der Waals surface area contributed by atoms with Crippen molar-refractivity contribution in [2.24, 2.45) is 5.73 Å². The molecule has 0 aromatic heterocycles. The molecule has 5 rings (SSSR count). The van der Waals surface area contributed by atoms with Crippen molar-refractivity contribution in [3.63, 3.8) is 0 Å². The number of nitrogens with two attached hydrogens (primary N) is 1. The quantitative estimate of drug-likeness (QED) is 0.397. The van der Waals surface area contributed by atoms with Gasteiger partial charge in [-0.3, -0.25) is 0 Å². The molecule has 2 N–H and O–H groups in total. The number of ether oxygens (including phenoxy) is 5. The molecule has 0 unspecified atom stereocenters. The first-order valence-electron chi connectivity index (χ1n) is 10.8. The lowest BCUT2D eigenvalue weighted by Gasteiger charge is -2.27. The van der Waals surface area contributed by atoms with Crippen molar-refractivity contribution in [1.82, 2.24) is 0 Å². The first-order chi connectivity index (χ1) is 17.0. The van der Waals surface area contributed by atoms with Crippen molar-refractivity contribution in [3.8, 4) is 34.8 Å². The molecule has 0 fully saturated rings. The summed E-state index contributed by atoms with van der Waals surface area (Å²) in [6.45, 7) is 2.74. The average molecular weight is 556 g/mol. The Morgan fingerprint density at radius 2 is 1.91 bits per heavy atom. The third kappa shape index (κ3) is 4.45. The second-order valence-corrected chi connectivity index (χ2v) is 9.14. The highest BCUT2D eigenvalue weighted by Gasteiger charge is 2.34. The lowest BCUT2D eigenvalue weighted by atomic mass is 9.83. The Morgan fingerprint density at radius 1 is 1.11 bits per heavy atom. The molecule has 3 aromatic carbocycles. The van der Waals surface area contributed by atoms with Gasteiger partial charge in [0.05, 0.1) is 17.0 Å². The van der Waals surface area contributed by atoms with E-state index >= 15 is 0 Å². The molecule has 178 valence electrons. The van der Waals surface area contributed by atoms with Crippen LogP contribution in [0.5, 0.6) is 28.7 Å². The molecular formula is C26H20BrClN2O5. The molecule has 0 saturated heterocycles. The largest absolute Gasteiger partial charge is 0.490 e. The van der Waals surface area contributed by atoms with E-state index in [1.54, 1.807) is 6.07 Å². The molecule has 3 aromatic rings. The van der Waals surface area contributed by atoms with E-state index in [0.717, 1.165) is 16.7 Å². The average Bonchev–Trinajstić information content (AvgIpc) is 3.29. The van der Waals surface area contributed by atoms with E-state index in [4.69, 9.17) is 41.0 Å². The van der Waals surface area contributed by atoms with Gasteiger partial charge in [-0.2, -0.15) is 5.26 Å². The predicted molar refractivity (Wildman–Crippen MR) is 133 cm³/mol. The molecule has 0 amide bonds. The van der Waals surface area contributed by atoms with Gasteiger partial charge in [0.25, 0.3) is 0 Å². The molecule has 0 aliphatic carbocycles. The molecule has 0 saturated carbocycles. The SMILES string of the molecule is CCOc1cc([C@H]2C(C#N)=C(N)Oc3cc4c(cc32)OCO4)cc(Br)c1OCc1cccc(Cl)c1. The number of hydrogen-bond donors (Lipinski definition) is 1. The monoisotopic (exact) mass is 554 g/mol. The van der Waals surface area contributed by atoms with E-state index in [0.29, 0.717) is 57.0 Å². The molecule has 2 aliphatic heterocycles. The fraction of sp³-hybridized carbons (Fsp3) is 0.192. The smallest absolute Gasteiger partial charge is 0.231 e. The molecule has 1 atom stereocenters. The van der Waals surface area contributed by atoms with Gasteiger partial charge in [0.1, 0.15) is 24.0 Å². The maximum atomic E-state index is 9.94. The Morgan fingerprint density at radius 3 is 2.66 bits per heavy atom. The van der Waals surface area contributed by atoms with Crippen LogP contribution < -0.4 is 29.4 Å². The summed E-state index contributed by atoms with van der Waals surface area (Å²) in [5.74, 6) is 2.27. The Balaban J connectivity index is 1.57. The van der Waals surface area contributed by atoms with E-state index in [1.165, 1.54) is 0 Å². The number of fused-ring (bicyclic) bond motifs is 2. The van der Waals surface area contributed by atoms with E-state index in [1.807, 2.05) is 49.4 Å². The first kappa shape index (κ1) is 23.2. The van der Waals surface area contributed by atoms with Gasteiger partial charge in [0.15, 0.2) is 23.0 Å². The summed E-state index contributed by atoms with van der Waals surface area (Å²) in [7, 11) is 0. The van der Waals surface area contributed by atoms with Crippen LogP contribution in [0.15, 0.2) is 64.5 Å². The van der Waals surface area contributed by atoms with Crippen molar-refractivity contribution in [1.29, 1.82) is 5.26 Å². The summed E-state index contributed by atoms with van der Waals surface area (Å²) in [6, 6.07) is 17.0. The maximum absolute atomic E-state index is 9.94. The maximum Gasteiger partial charge on any atom is 0.231 e. The highest BCUT2D eigenvalue weighted by atomic mass is 79.9. The van der Waals surface area contributed by atoms with Gasteiger partial charge in [-0.25, -0.2) is 0 Å². The fourth-order valence-electron chi connectivity index (χ4n) is 4.13. The Hall–Kier alpha value is -3.54. The standard InChI is InChI=1S/C26H20BrClN2O5/c1-2-31-23-8-15(7-19(27)25(23)32-12-14-4-3-5-16(28)6-14)24-17-9-21-22(34-13-33-21)10-20(17)35-26(30)18(24)11-29/h3-10,24H,2,12-13,30H2,1H3/t24-/m1/s1. The van der Waals surface area contributed by atoms with Crippen molar-refractivity contribution >= 4 is 27.5 Å². The topological polar surface area (TPSA) is 96.0 Å². The minimum atomic E-state index is -0.504. The van der Waals surface area contributed by atoms with E-state index < -0.39 is 5.92 Å². The second kappa shape index (κ2) is 9.61. The van der Waals surface area contributed by atoms with Crippen LogP contribution in [0.25, 0.3) is 0 Å². The van der Waals surface area contributed by atoms with Gasteiger partial charge >= 0.3 is 0 Å². The van der Waals surface area contributed by atoms with Crippen LogP contribution in [0, 0.1) is 11.3 Å². The summed E-state index contributed by atoms with van der Waals surface area (Å²) < 4.78 is 29.5. The van der Waals surface area contributed by atoms with Gasteiger partial charge < -0.3 is 29.4 Å². The zero-order valence-electron chi connectivity index (χ0n) is 18.6. The Kier molecular flexibility index (Phi) is 6.37. The van der Waals surface area contributed by atoms with Crippen molar-refractivity contribution in [2.75, 3.05) is 13.4 Å². The number of hydrogen-bond acceptors (Lipinski definition) is 7. The van der Waals surface area contributed by atoms with Gasteiger partial charge in [-0.05, 0) is 64.3 Å². The van der Waals surface area contributed by atoms with Crippen LogP contribution in [0.3, 0.4) is 0 Å². The van der Waals surface area contributed by atoms with Crippen LogP contribution >= 0.6 is 27.5 Å². The van der Waals surface area contributed by atoms with Crippen molar-refractivity contribution < 1.29 is 23.7 Å². The number of allylic oxidation sites excluding steroid dienone is 1. The van der Waals surface area contributed by atoms with E-state index in [9.17, 15) is 5.26 Å². The summed E-state index contributed by atoms with van der Waals surface area (Å²) >= 11 is 9.74. The second-order valence-electron chi connectivity index (χ2n) is 7.85. The molecule has 35 heavy (non-hydrogen) atoms. The van der Waals surface area contributed by atoms with Crippen molar-refractivity contribution in [3.05, 3.63) is 86.2 Å². The summed E-state index contributed by atoms with van der Waals surface area (Å²) in [5, 5.41) is 10.6. The molecule has 0 bridgehead atoms. The summed E-state index contributed by atoms with van der Waals surface area (Å²) in [6.07, 6.45) is 0. The molecular weight excluding hydrogens is 536 g/mol. The normalized spacial score (nSPS) is 15.8. The summed E-state index contributed by atoms with van der Waals surface area (Å²) in [4.78, 5) is 0. The number of halogens is 2. The highest BCUT2D eigenvalue weighted by molar-refractivity contribution is 9.10. The molecule has 0 radical (unpaired) electrons. The lowest BCUT2D eigenvalue weighted by Crippen LogP contribution is -2.21. The molecule has 9 heteroatoms. The predicted octanol–water partition coefficient (Wildman–Crippen LogP) is 6.03. The minimum absolute atomic E-state index is 0.0410. The number of nitrogens with zero attached hydrogens (tertiary/aromatic N) is 1. The van der Waals surface area contributed by atoms with Crippen LogP contribution in [-0.4, -0.2) is 13.4 Å². The molecule has 2 aliphatic rings. The van der Waals surface area contributed by atoms with Gasteiger partial charge in [0.2, 0.25) is 12.7 Å². The fourth-order valence-corrected chi connectivity index (χ4v) is 4.92. The van der Waals surface area contributed by atoms with Gasteiger partial charge in [-0.15, -0.1) is 0 Å². The zero-order valence-corrected chi connectivity index (χ0v) is 21.0. The van der Waals surface area contributed by atoms with Crippen LogP contribution in [-0.2, 0) is 6.61 Å². The third-order valence-corrected chi connectivity index (χ3v) is 6.47. The zero-order chi connectivity index (χ0) is 24.5. The third-order valence-electron chi connectivity index (χ3n) is 5.65. The molecule has 2 heterocycles. The van der Waals surface area contributed by atoms with Gasteiger partial charge in [0, 0.05) is 16.7 Å². The highest BCUT2D eigenvalue weighted by Crippen LogP contribution is 2.50. The minimum Gasteiger partial charge on any atom is -0.490 e. The Labute approximate surface area is 215 Å². The molecule has 0 spiro atoms. The van der Waals surface area contributed by atoms with Crippen LogP contribution in [0.2, 0.25) is 5.02 Å². The summed E-state index contributed by atoms with van der Waals surface area (Å²) in [5.41, 5.74) is 8.88. The number of nitriles is 1. The van der Waals surface area contributed by atoms with Crippen LogP contribution in [0.1, 0.15) is 29.5 Å². The first-order valence-corrected chi connectivity index (χ1v) is 12.0. The van der Waals surface area contributed by atoms with E-state index in [2.05, 4.69) is 22.0 Å². The Bertz CT molecular complexity index is 1380. The molecule has 7 nitrogen and oxygen atoms in total. The number of benzene rings is 3. The van der Waals surface area contributed by atoms with Gasteiger partial charge in [-0.1, -0.05) is 23.7 Å². The lowest BCUT2D eigenvalue weighted by molar-refractivity contribution is 0.174. The van der Waals surface area contributed by atoms with E-state index in [-0.39, 0.29) is 12.7 Å². The van der Waals surface area contributed by atoms with Crippen LogP contribution in [0.4, 0.5) is 0 Å².